The third-order valence-corrected chi connectivity index (χ3v) is 3.09. The standard InChI is InChI=1S/C13H16F3NO3/c1-7(6-18)8(2)17-9-3-4-11(13(14,15)16)10(5-9)12(19)20/h3-5,7-8,17-18H,6H2,1-2H3,(H,19,20). The largest absolute Gasteiger partial charge is 0.478 e. The Morgan fingerprint density at radius 3 is 2.40 bits per heavy atom. The number of halogens is 3. The van der Waals surface area contributed by atoms with Crippen LogP contribution in [0.5, 0.6) is 0 Å². The average Bonchev–Trinajstić information content (AvgIpc) is 2.36. The van der Waals surface area contributed by atoms with Crippen LogP contribution < -0.4 is 5.32 Å². The Bertz CT molecular complexity index is 488. The molecule has 1 aromatic carbocycles. The number of aliphatic hydroxyl groups is 1. The second-order valence-electron chi connectivity index (χ2n) is 4.66. The van der Waals surface area contributed by atoms with Crippen molar-refractivity contribution >= 4 is 11.7 Å². The highest BCUT2D eigenvalue weighted by Gasteiger charge is 2.35. The molecule has 1 rings (SSSR count). The summed E-state index contributed by atoms with van der Waals surface area (Å²) >= 11 is 0. The zero-order chi connectivity index (χ0) is 15.5. The van der Waals surface area contributed by atoms with E-state index in [0.717, 1.165) is 12.1 Å². The van der Waals surface area contributed by atoms with E-state index < -0.39 is 23.3 Å². The van der Waals surface area contributed by atoms with Crippen molar-refractivity contribution in [3.8, 4) is 0 Å². The van der Waals surface area contributed by atoms with Crippen LogP contribution in [-0.2, 0) is 6.18 Å². The van der Waals surface area contributed by atoms with E-state index in [1.54, 1.807) is 13.8 Å². The van der Waals surface area contributed by atoms with E-state index in [0.29, 0.717) is 0 Å². The van der Waals surface area contributed by atoms with Crippen molar-refractivity contribution in [3.63, 3.8) is 0 Å². The minimum Gasteiger partial charge on any atom is -0.478 e. The van der Waals surface area contributed by atoms with Gasteiger partial charge in [-0.05, 0) is 31.0 Å². The first-order chi connectivity index (χ1) is 9.16. The number of alkyl halides is 3. The lowest BCUT2D eigenvalue weighted by Gasteiger charge is -2.21. The highest BCUT2D eigenvalue weighted by Crippen LogP contribution is 2.33. The molecular formula is C13H16F3NO3. The highest BCUT2D eigenvalue weighted by atomic mass is 19.4. The number of hydrogen-bond donors (Lipinski definition) is 3. The number of carboxylic acid groups (broad SMARTS) is 1. The third kappa shape index (κ3) is 3.86. The zero-order valence-corrected chi connectivity index (χ0v) is 11.0. The van der Waals surface area contributed by atoms with Gasteiger partial charge in [0.2, 0.25) is 0 Å². The third-order valence-electron chi connectivity index (χ3n) is 3.09. The zero-order valence-electron chi connectivity index (χ0n) is 11.0. The fraction of sp³-hybridized carbons (Fsp3) is 0.462. The van der Waals surface area contributed by atoms with E-state index in [9.17, 15) is 18.0 Å². The van der Waals surface area contributed by atoms with E-state index in [1.807, 2.05) is 0 Å². The van der Waals surface area contributed by atoms with Gasteiger partial charge in [-0.2, -0.15) is 13.2 Å². The number of nitrogens with one attached hydrogen (secondary N) is 1. The van der Waals surface area contributed by atoms with Crippen molar-refractivity contribution in [3.05, 3.63) is 29.3 Å². The smallest absolute Gasteiger partial charge is 0.417 e. The lowest BCUT2D eigenvalue weighted by atomic mass is 10.0. The van der Waals surface area contributed by atoms with Crippen molar-refractivity contribution in [1.82, 2.24) is 0 Å². The summed E-state index contributed by atoms with van der Waals surface area (Å²) in [5.74, 6) is -1.76. The lowest BCUT2D eigenvalue weighted by Crippen LogP contribution is -2.26. The number of anilines is 1. The summed E-state index contributed by atoms with van der Waals surface area (Å²) in [7, 11) is 0. The predicted octanol–water partition coefficient (Wildman–Crippen LogP) is 2.83. The van der Waals surface area contributed by atoms with Crippen LogP contribution in [0.2, 0.25) is 0 Å². The lowest BCUT2D eigenvalue weighted by molar-refractivity contribution is -0.138. The number of carboxylic acids is 1. The number of aromatic carboxylic acids is 1. The van der Waals surface area contributed by atoms with Crippen LogP contribution in [-0.4, -0.2) is 28.8 Å². The molecular weight excluding hydrogens is 275 g/mol. The first-order valence-electron chi connectivity index (χ1n) is 5.98. The molecule has 0 spiro atoms. The number of hydrogen-bond acceptors (Lipinski definition) is 3. The molecule has 0 saturated heterocycles. The number of rotatable bonds is 5. The Kier molecular flexibility index (Phi) is 4.99. The molecule has 2 atom stereocenters. The summed E-state index contributed by atoms with van der Waals surface area (Å²) in [6.07, 6.45) is -4.71. The molecule has 7 heteroatoms. The summed E-state index contributed by atoms with van der Waals surface area (Å²) in [4.78, 5) is 10.9. The van der Waals surface area contributed by atoms with E-state index in [1.165, 1.54) is 6.07 Å². The van der Waals surface area contributed by atoms with Gasteiger partial charge in [-0.15, -0.1) is 0 Å². The second-order valence-corrected chi connectivity index (χ2v) is 4.66. The quantitative estimate of drug-likeness (QED) is 0.780. The molecule has 0 saturated carbocycles. The summed E-state index contributed by atoms with van der Waals surface area (Å²) in [5.41, 5.74) is -1.71. The Morgan fingerprint density at radius 1 is 1.35 bits per heavy atom. The molecule has 0 aliphatic heterocycles. The fourth-order valence-electron chi connectivity index (χ4n) is 1.62. The van der Waals surface area contributed by atoms with Crippen LogP contribution in [0.1, 0.15) is 29.8 Å². The molecule has 112 valence electrons. The maximum absolute atomic E-state index is 12.7. The summed E-state index contributed by atoms with van der Waals surface area (Å²) in [5, 5.41) is 20.7. The van der Waals surface area contributed by atoms with Crippen molar-refractivity contribution in [1.29, 1.82) is 0 Å². The topological polar surface area (TPSA) is 69.6 Å². The van der Waals surface area contributed by atoms with Gasteiger partial charge in [-0.1, -0.05) is 6.92 Å². The van der Waals surface area contributed by atoms with Gasteiger partial charge in [-0.3, -0.25) is 0 Å². The van der Waals surface area contributed by atoms with Gasteiger partial charge < -0.3 is 15.5 Å². The molecule has 0 aromatic heterocycles. The van der Waals surface area contributed by atoms with Crippen LogP contribution >= 0.6 is 0 Å². The molecule has 1 aromatic rings. The number of aliphatic hydroxyl groups excluding tert-OH is 1. The molecule has 0 fully saturated rings. The highest BCUT2D eigenvalue weighted by molar-refractivity contribution is 5.91. The van der Waals surface area contributed by atoms with Crippen LogP contribution in [0, 0.1) is 5.92 Å². The molecule has 4 nitrogen and oxygen atoms in total. The molecule has 3 N–H and O–H groups in total. The Labute approximate surface area is 114 Å². The van der Waals surface area contributed by atoms with Gasteiger partial charge in [0.1, 0.15) is 0 Å². The average molecular weight is 291 g/mol. The summed E-state index contributed by atoms with van der Waals surface area (Å²) in [6.45, 7) is 3.43. The molecule has 0 radical (unpaired) electrons. The minimum absolute atomic E-state index is 0.0827. The van der Waals surface area contributed by atoms with Crippen LogP contribution in [0.4, 0.5) is 18.9 Å². The molecule has 0 heterocycles. The first kappa shape index (κ1) is 16.3. The van der Waals surface area contributed by atoms with Crippen molar-refractivity contribution in [2.24, 2.45) is 5.92 Å². The molecule has 2 unspecified atom stereocenters. The van der Waals surface area contributed by atoms with E-state index >= 15 is 0 Å². The fourth-order valence-corrected chi connectivity index (χ4v) is 1.62. The molecule has 0 amide bonds. The van der Waals surface area contributed by atoms with Gasteiger partial charge in [0, 0.05) is 18.3 Å². The van der Waals surface area contributed by atoms with Gasteiger partial charge >= 0.3 is 12.1 Å². The maximum Gasteiger partial charge on any atom is 0.417 e. The minimum atomic E-state index is -4.71. The molecule has 0 bridgehead atoms. The normalized spacial score (nSPS) is 14.7. The Hall–Kier alpha value is -1.76. The Morgan fingerprint density at radius 2 is 1.95 bits per heavy atom. The van der Waals surface area contributed by atoms with Crippen LogP contribution in [0.15, 0.2) is 18.2 Å². The second kappa shape index (κ2) is 6.13. The van der Waals surface area contributed by atoms with Gasteiger partial charge in [0.15, 0.2) is 0 Å². The van der Waals surface area contributed by atoms with E-state index in [-0.39, 0.29) is 24.3 Å². The monoisotopic (exact) mass is 291 g/mol. The van der Waals surface area contributed by atoms with E-state index in [2.05, 4.69) is 5.32 Å². The summed E-state index contributed by atoms with van der Waals surface area (Å²) in [6, 6.07) is 2.65. The van der Waals surface area contributed by atoms with Gasteiger partial charge in [0.25, 0.3) is 0 Å². The molecule has 20 heavy (non-hydrogen) atoms. The number of benzene rings is 1. The van der Waals surface area contributed by atoms with Crippen LogP contribution in [0.3, 0.4) is 0 Å². The van der Waals surface area contributed by atoms with Crippen molar-refractivity contribution in [2.75, 3.05) is 11.9 Å². The number of carbonyl (C=O) groups is 1. The van der Waals surface area contributed by atoms with Gasteiger partial charge in [-0.25, -0.2) is 4.79 Å². The predicted molar refractivity (Wildman–Crippen MR) is 67.7 cm³/mol. The Balaban J connectivity index is 3.09. The van der Waals surface area contributed by atoms with Gasteiger partial charge in [0.05, 0.1) is 11.1 Å². The van der Waals surface area contributed by atoms with Crippen molar-refractivity contribution < 1.29 is 28.2 Å². The molecule has 0 aliphatic rings. The SMILES string of the molecule is CC(CO)C(C)Nc1ccc(C(F)(F)F)c(C(=O)O)c1. The van der Waals surface area contributed by atoms with Crippen LogP contribution in [0.25, 0.3) is 0 Å². The van der Waals surface area contributed by atoms with E-state index in [4.69, 9.17) is 10.2 Å². The first-order valence-corrected chi connectivity index (χ1v) is 5.98. The molecule has 0 aliphatic carbocycles. The summed E-state index contributed by atoms with van der Waals surface area (Å²) < 4.78 is 38.0. The maximum atomic E-state index is 12.7. The van der Waals surface area contributed by atoms with Crippen molar-refractivity contribution in [2.45, 2.75) is 26.1 Å².